The highest BCUT2D eigenvalue weighted by atomic mass is 16.4. The molecule has 0 radical (unpaired) electrons. The Hall–Kier alpha value is -2.31. The Balaban J connectivity index is 1.97. The fraction of sp³-hybridized carbons (Fsp3) is 0.588. The molecule has 1 heterocycles. The summed E-state index contributed by atoms with van der Waals surface area (Å²) in [6, 6.07) is 2.21. The van der Waals surface area contributed by atoms with Gasteiger partial charge in [-0.2, -0.15) is 0 Å². The van der Waals surface area contributed by atoms with Crippen LogP contribution in [0.15, 0.2) is 22.8 Å². The average Bonchev–Trinajstić information content (AvgIpc) is 3.09. The van der Waals surface area contributed by atoms with Crippen LogP contribution in [0.5, 0.6) is 0 Å². The van der Waals surface area contributed by atoms with Crippen molar-refractivity contribution in [1.82, 2.24) is 10.6 Å². The molecule has 1 aromatic heterocycles. The summed E-state index contributed by atoms with van der Waals surface area (Å²) in [4.78, 5) is 36.0. The SMILES string of the molecule is CCC1CCC(NC(=O)C(C)NC(=O)c2ccco2)(C(=O)O)CC1. The van der Waals surface area contributed by atoms with Gasteiger partial charge in [0, 0.05) is 0 Å². The smallest absolute Gasteiger partial charge is 0.329 e. The monoisotopic (exact) mass is 336 g/mol. The van der Waals surface area contributed by atoms with Gasteiger partial charge in [0.05, 0.1) is 6.26 Å². The third-order valence-corrected chi connectivity index (χ3v) is 4.79. The summed E-state index contributed by atoms with van der Waals surface area (Å²) in [5.41, 5.74) is -1.24. The molecule has 2 amide bonds. The molecule has 1 aliphatic rings. The van der Waals surface area contributed by atoms with Gasteiger partial charge in [0.2, 0.25) is 5.91 Å². The van der Waals surface area contributed by atoms with Crippen molar-refractivity contribution in [2.45, 2.75) is 57.5 Å². The van der Waals surface area contributed by atoms with E-state index in [1.54, 1.807) is 6.07 Å². The second-order valence-corrected chi connectivity index (χ2v) is 6.40. The Morgan fingerprint density at radius 1 is 1.38 bits per heavy atom. The molecule has 132 valence electrons. The highest BCUT2D eigenvalue weighted by Crippen LogP contribution is 2.34. The number of hydrogen-bond acceptors (Lipinski definition) is 4. The molecule has 1 unspecified atom stereocenters. The number of carboxylic acid groups (broad SMARTS) is 1. The quantitative estimate of drug-likeness (QED) is 0.735. The van der Waals surface area contributed by atoms with Crippen molar-refractivity contribution in [1.29, 1.82) is 0 Å². The minimum atomic E-state index is -1.24. The van der Waals surface area contributed by atoms with Crippen molar-refractivity contribution < 1.29 is 23.9 Å². The Bertz CT molecular complexity index is 588. The highest BCUT2D eigenvalue weighted by molar-refractivity contribution is 5.96. The predicted molar refractivity (Wildman–Crippen MR) is 86.4 cm³/mol. The van der Waals surface area contributed by atoms with E-state index in [-0.39, 0.29) is 5.76 Å². The molecule has 1 fully saturated rings. The molecular weight excluding hydrogens is 312 g/mol. The molecule has 7 nitrogen and oxygen atoms in total. The zero-order valence-corrected chi connectivity index (χ0v) is 14.0. The molecule has 3 N–H and O–H groups in total. The lowest BCUT2D eigenvalue weighted by Gasteiger charge is -2.37. The van der Waals surface area contributed by atoms with Crippen LogP contribution >= 0.6 is 0 Å². The van der Waals surface area contributed by atoms with Crippen molar-refractivity contribution in [2.24, 2.45) is 5.92 Å². The van der Waals surface area contributed by atoms with E-state index in [9.17, 15) is 19.5 Å². The van der Waals surface area contributed by atoms with E-state index in [4.69, 9.17) is 4.42 Å². The van der Waals surface area contributed by atoms with Crippen molar-refractivity contribution >= 4 is 17.8 Å². The summed E-state index contributed by atoms with van der Waals surface area (Å²) in [5.74, 6) is -1.43. The van der Waals surface area contributed by atoms with Gasteiger partial charge >= 0.3 is 5.97 Å². The molecule has 0 aliphatic heterocycles. The van der Waals surface area contributed by atoms with Gasteiger partial charge in [-0.15, -0.1) is 0 Å². The van der Waals surface area contributed by atoms with E-state index in [2.05, 4.69) is 17.6 Å². The third-order valence-electron chi connectivity index (χ3n) is 4.79. The van der Waals surface area contributed by atoms with E-state index in [0.717, 1.165) is 19.3 Å². The Labute approximate surface area is 140 Å². The van der Waals surface area contributed by atoms with Crippen LogP contribution in [0.1, 0.15) is 56.5 Å². The summed E-state index contributed by atoms with van der Waals surface area (Å²) in [6.45, 7) is 3.60. The minimum absolute atomic E-state index is 0.103. The summed E-state index contributed by atoms with van der Waals surface area (Å²) in [5, 5.41) is 14.7. The van der Waals surface area contributed by atoms with Gasteiger partial charge in [-0.3, -0.25) is 9.59 Å². The van der Waals surface area contributed by atoms with E-state index in [1.165, 1.54) is 19.3 Å². The number of carbonyl (C=O) groups excluding carboxylic acids is 2. The van der Waals surface area contributed by atoms with Crippen LogP contribution in [0.3, 0.4) is 0 Å². The summed E-state index contributed by atoms with van der Waals surface area (Å²) >= 11 is 0. The zero-order chi connectivity index (χ0) is 17.7. The minimum Gasteiger partial charge on any atom is -0.480 e. The number of hydrogen-bond donors (Lipinski definition) is 3. The molecule has 1 aromatic rings. The largest absolute Gasteiger partial charge is 0.480 e. The normalized spacial score (nSPS) is 24.8. The lowest BCUT2D eigenvalue weighted by molar-refractivity contribution is -0.150. The van der Waals surface area contributed by atoms with Gasteiger partial charge < -0.3 is 20.2 Å². The first-order chi connectivity index (χ1) is 11.4. The third kappa shape index (κ3) is 3.96. The van der Waals surface area contributed by atoms with Gasteiger partial charge in [0.15, 0.2) is 5.76 Å². The maximum absolute atomic E-state index is 12.4. The van der Waals surface area contributed by atoms with E-state index in [0.29, 0.717) is 18.8 Å². The predicted octanol–water partition coefficient (Wildman–Crippen LogP) is 1.94. The molecule has 1 atom stereocenters. The zero-order valence-electron chi connectivity index (χ0n) is 14.0. The summed E-state index contributed by atoms with van der Waals surface area (Å²) in [7, 11) is 0. The Kier molecular flexibility index (Phi) is 5.64. The molecule has 1 saturated carbocycles. The fourth-order valence-electron chi connectivity index (χ4n) is 3.06. The average molecular weight is 336 g/mol. The maximum atomic E-state index is 12.4. The molecule has 24 heavy (non-hydrogen) atoms. The van der Waals surface area contributed by atoms with Gasteiger partial charge in [-0.25, -0.2) is 4.79 Å². The van der Waals surface area contributed by atoms with Crippen LogP contribution in [0.4, 0.5) is 0 Å². The number of nitrogens with one attached hydrogen (secondary N) is 2. The first-order valence-electron chi connectivity index (χ1n) is 8.27. The van der Waals surface area contributed by atoms with Gasteiger partial charge in [-0.1, -0.05) is 13.3 Å². The van der Waals surface area contributed by atoms with Crippen LogP contribution in [0.25, 0.3) is 0 Å². The summed E-state index contributed by atoms with van der Waals surface area (Å²) in [6.07, 6.45) is 4.74. The first-order valence-corrected chi connectivity index (χ1v) is 8.27. The first kappa shape index (κ1) is 18.0. The maximum Gasteiger partial charge on any atom is 0.329 e. The number of carbonyl (C=O) groups is 3. The molecule has 0 bridgehead atoms. The number of carboxylic acids is 1. The van der Waals surface area contributed by atoms with Crippen LogP contribution in [0, 0.1) is 5.92 Å². The molecule has 1 aliphatic carbocycles. The van der Waals surface area contributed by atoms with Crippen LogP contribution in [-0.4, -0.2) is 34.5 Å². The lowest BCUT2D eigenvalue weighted by atomic mass is 9.75. The Morgan fingerprint density at radius 2 is 2.04 bits per heavy atom. The molecule has 7 heteroatoms. The van der Waals surface area contributed by atoms with Crippen molar-refractivity contribution in [2.75, 3.05) is 0 Å². The Morgan fingerprint density at radius 3 is 2.54 bits per heavy atom. The fourth-order valence-corrected chi connectivity index (χ4v) is 3.06. The van der Waals surface area contributed by atoms with Gasteiger partial charge in [-0.05, 0) is 50.7 Å². The molecule has 2 rings (SSSR count). The van der Waals surface area contributed by atoms with Crippen molar-refractivity contribution in [3.8, 4) is 0 Å². The van der Waals surface area contributed by atoms with E-state index < -0.39 is 29.4 Å². The van der Waals surface area contributed by atoms with E-state index >= 15 is 0 Å². The lowest BCUT2D eigenvalue weighted by Crippen LogP contribution is -2.60. The standard InChI is InChI=1S/C17H24N2O5/c1-3-12-6-8-17(9-7-12,16(22)23)19-14(20)11(2)18-15(21)13-5-4-10-24-13/h4-5,10-12H,3,6-9H2,1-2H3,(H,18,21)(H,19,20)(H,22,23). The van der Waals surface area contributed by atoms with Crippen LogP contribution in [0.2, 0.25) is 0 Å². The highest BCUT2D eigenvalue weighted by Gasteiger charge is 2.43. The van der Waals surface area contributed by atoms with Crippen LogP contribution in [-0.2, 0) is 9.59 Å². The molecular formula is C17H24N2O5. The number of rotatable bonds is 6. The second-order valence-electron chi connectivity index (χ2n) is 6.40. The van der Waals surface area contributed by atoms with Crippen LogP contribution < -0.4 is 10.6 Å². The van der Waals surface area contributed by atoms with E-state index in [1.807, 2.05) is 0 Å². The van der Waals surface area contributed by atoms with Gasteiger partial charge in [0.1, 0.15) is 11.6 Å². The number of furan rings is 1. The number of aliphatic carboxylic acids is 1. The topological polar surface area (TPSA) is 109 Å². The molecule has 0 spiro atoms. The molecule has 0 saturated heterocycles. The second kappa shape index (κ2) is 7.51. The summed E-state index contributed by atoms with van der Waals surface area (Å²) < 4.78 is 4.97. The van der Waals surface area contributed by atoms with Crippen molar-refractivity contribution in [3.63, 3.8) is 0 Å². The van der Waals surface area contributed by atoms with Gasteiger partial charge in [0.25, 0.3) is 5.91 Å². The van der Waals surface area contributed by atoms with Crippen molar-refractivity contribution in [3.05, 3.63) is 24.2 Å². The molecule has 0 aromatic carbocycles. The number of amides is 2.